The molecule has 1 aromatic heterocycles. The Bertz CT molecular complexity index is 1120. The van der Waals surface area contributed by atoms with Crippen LogP contribution in [0.4, 0.5) is 0 Å². The summed E-state index contributed by atoms with van der Waals surface area (Å²) < 4.78 is 35.1. The summed E-state index contributed by atoms with van der Waals surface area (Å²) in [6, 6.07) is 10.2. The Morgan fingerprint density at radius 3 is 1.97 bits per heavy atom. The van der Waals surface area contributed by atoms with E-state index in [4.69, 9.17) is 28.1 Å². The van der Waals surface area contributed by atoms with E-state index in [1.165, 1.54) is 13.2 Å². The van der Waals surface area contributed by atoms with Crippen molar-refractivity contribution in [3.05, 3.63) is 46.6 Å². The van der Waals surface area contributed by atoms with Gasteiger partial charge in [-0.15, -0.1) is 0 Å². The number of hydrogen-bond donors (Lipinski definition) is 0. The maximum atomic E-state index is 13.1. The molecule has 7 heteroatoms. The number of rotatable bonds is 15. The van der Waals surface area contributed by atoms with Gasteiger partial charge in [0, 0.05) is 6.07 Å². The monoisotopic (exact) mass is 484 g/mol. The first kappa shape index (κ1) is 26.3. The van der Waals surface area contributed by atoms with Crippen molar-refractivity contribution in [3.63, 3.8) is 0 Å². The number of fused-ring (bicyclic) bond motifs is 1. The molecule has 0 atom stereocenters. The molecule has 0 radical (unpaired) electrons. The Morgan fingerprint density at radius 2 is 1.34 bits per heavy atom. The smallest absolute Gasteiger partial charge is 0.294 e. The fraction of sp³-hybridized carbons (Fsp3) is 0.464. The number of hydrogen-bond acceptors (Lipinski definition) is 7. The average Bonchev–Trinajstić information content (AvgIpc) is 2.85. The summed E-state index contributed by atoms with van der Waals surface area (Å²) in [7, 11) is 1.54. The highest BCUT2D eigenvalue weighted by atomic mass is 16.6. The third-order valence-electron chi connectivity index (χ3n) is 5.38. The molecule has 0 aliphatic heterocycles. The van der Waals surface area contributed by atoms with Crippen molar-refractivity contribution in [2.45, 2.75) is 59.3 Å². The van der Waals surface area contributed by atoms with Gasteiger partial charge in [-0.1, -0.05) is 40.0 Å². The minimum Gasteiger partial charge on any atom is -0.494 e. The van der Waals surface area contributed by atoms with E-state index in [2.05, 4.69) is 20.8 Å². The molecule has 0 N–H and O–H groups in total. The van der Waals surface area contributed by atoms with Crippen LogP contribution >= 0.6 is 0 Å². The molecule has 2 aromatic carbocycles. The molecule has 3 rings (SSSR count). The normalized spacial score (nSPS) is 10.9. The molecule has 0 aliphatic carbocycles. The van der Waals surface area contributed by atoms with Crippen molar-refractivity contribution in [2.24, 2.45) is 0 Å². The third-order valence-corrected chi connectivity index (χ3v) is 5.38. The molecule has 0 bridgehead atoms. The maximum absolute atomic E-state index is 13.1. The van der Waals surface area contributed by atoms with Crippen LogP contribution in [0, 0.1) is 0 Å². The van der Waals surface area contributed by atoms with E-state index in [9.17, 15) is 4.79 Å². The fourth-order valence-electron chi connectivity index (χ4n) is 3.41. The Kier molecular flexibility index (Phi) is 10.1. The highest BCUT2D eigenvalue weighted by molar-refractivity contribution is 5.89. The molecule has 1 heterocycles. The molecule has 0 fully saturated rings. The van der Waals surface area contributed by atoms with Crippen LogP contribution in [0.1, 0.15) is 59.3 Å². The lowest BCUT2D eigenvalue weighted by atomic mass is 10.1. The molecular weight excluding hydrogens is 448 g/mol. The summed E-state index contributed by atoms with van der Waals surface area (Å²) >= 11 is 0. The molecule has 0 spiro atoms. The van der Waals surface area contributed by atoms with Crippen LogP contribution in [0.3, 0.4) is 0 Å². The van der Waals surface area contributed by atoms with Crippen LogP contribution in [0.2, 0.25) is 0 Å². The van der Waals surface area contributed by atoms with Crippen LogP contribution in [0.5, 0.6) is 34.7 Å². The van der Waals surface area contributed by atoms with Crippen molar-refractivity contribution in [1.82, 2.24) is 0 Å². The molecule has 0 saturated heterocycles. The Morgan fingerprint density at radius 1 is 0.743 bits per heavy atom. The van der Waals surface area contributed by atoms with Crippen molar-refractivity contribution >= 4 is 11.0 Å². The first-order chi connectivity index (χ1) is 17.1. The van der Waals surface area contributed by atoms with Gasteiger partial charge in [0.1, 0.15) is 22.5 Å². The van der Waals surface area contributed by atoms with Gasteiger partial charge in [-0.2, -0.15) is 0 Å². The average molecular weight is 485 g/mol. The Labute approximate surface area is 206 Å². The zero-order valence-electron chi connectivity index (χ0n) is 21.2. The van der Waals surface area contributed by atoms with Gasteiger partial charge in [0.2, 0.25) is 11.2 Å². The molecule has 0 saturated carbocycles. The van der Waals surface area contributed by atoms with Crippen LogP contribution in [-0.4, -0.2) is 26.9 Å². The molecule has 7 nitrogen and oxygen atoms in total. The van der Waals surface area contributed by atoms with E-state index in [1.54, 1.807) is 18.2 Å². The fourth-order valence-corrected chi connectivity index (χ4v) is 3.41. The molecule has 3 aromatic rings. The Balaban J connectivity index is 1.94. The molecule has 190 valence electrons. The van der Waals surface area contributed by atoms with Gasteiger partial charge in [0.15, 0.2) is 11.5 Å². The van der Waals surface area contributed by atoms with E-state index in [0.29, 0.717) is 53.8 Å². The van der Waals surface area contributed by atoms with E-state index in [-0.39, 0.29) is 11.4 Å². The summed E-state index contributed by atoms with van der Waals surface area (Å²) in [5.74, 6) is 2.56. The van der Waals surface area contributed by atoms with Gasteiger partial charge in [-0.25, -0.2) is 0 Å². The SMILES string of the molecule is CCCCOc1ccc(Oc2cc(=O)c3c(OCCCC)c(OC)c(OCCCC)cc3o2)cc1. The molecule has 0 amide bonds. The summed E-state index contributed by atoms with van der Waals surface area (Å²) in [6.07, 6.45) is 5.76. The van der Waals surface area contributed by atoms with Crippen LogP contribution in [-0.2, 0) is 0 Å². The van der Waals surface area contributed by atoms with Crippen molar-refractivity contribution in [2.75, 3.05) is 26.9 Å². The van der Waals surface area contributed by atoms with Gasteiger partial charge in [-0.05, 0) is 43.5 Å². The predicted molar refractivity (Wildman–Crippen MR) is 137 cm³/mol. The number of methoxy groups -OCH3 is 1. The zero-order valence-corrected chi connectivity index (χ0v) is 21.2. The lowest BCUT2D eigenvalue weighted by molar-refractivity contribution is 0.263. The third kappa shape index (κ3) is 7.07. The standard InChI is InChI=1S/C28H36O7/c1-5-8-15-31-20-11-13-21(14-12-20)34-25-18-22(29)26-23(35-25)19-24(32-16-9-6-2)27(30-4)28(26)33-17-10-7-3/h11-14,18-19H,5-10,15-17H2,1-4H3. The minimum atomic E-state index is -0.286. The molecular formula is C28H36O7. The second-order valence-corrected chi connectivity index (χ2v) is 8.22. The van der Waals surface area contributed by atoms with Crippen LogP contribution < -0.4 is 29.1 Å². The van der Waals surface area contributed by atoms with Crippen molar-refractivity contribution < 1.29 is 28.1 Å². The van der Waals surface area contributed by atoms with Crippen LogP contribution in [0.15, 0.2) is 45.6 Å². The predicted octanol–water partition coefficient (Wildman–Crippen LogP) is 7.13. The molecule has 0 aliphatic rings. The Hall–Kier alpha value is -3.35. The first-order valence-corrected chi connectivity index (χ1v) is 12.5. The second kappa shape index (κ2) is 13.5. The first-order valence-electron chi connectivity index (χ1n) is 12.5. The lowest BCUT2D eigenvalue weighted by Gasteiger charge is -2.17. The maximum Gasteiger partial charge on any atom is 0.294 e. The summed E-state index contributed by atoms with van der Waals surface area (Å²) in [6.45, 7) is 7.92. The minimum absolute atomic E-state index is 0.0753. The van der Waals surface area contributed by atoms with Crippen LogP contribution in [0.25, 0.3) is 11.0 Å². The summed E-state index contributed by atoms with van der Waals surface area (Å²) in [4.78, 5) is 13.1. The topological polar surface area (TPSA) is 76.4 Å². The second-order valence-electron chi connectivity index (χ2n) is 8.22. The van der Waals surface area contributed by atoms with E-state index in [1.807, 2.05) is 12.1 Å². The van der Waals surface area contributed by atoms with E-state index in [0.717, 1.165) is 44.3 Å². The lowest BCUT2D eigenvalue weighted by Crippen LogP contribution is -2.08. The van der Waals surface area contributed by atoms with Crippen molar-refractivity contribution in [1.29, 1.82) is 0 Å². The summed E-state index contributed by atoms with van der Waals surface area (Å²) in [5, 5.41) is 0.299. The van der Waals surface area contributed by atoms with Gasteiger partial charge >= 0.3 is 0 Å². The molecule has 35 heavy (non-hydrogen) atoms. The van der Waals surface area contributed by atoms with E-state index < -0.39 is 0 Å². The number of ether oxygens (including phenoxy) is 5. The summed E-state index contributed by atoms with van der Waals surface area (Å²) in [5.41, 5.74) is 0.0245. The molecule has 0 unspecified atom stereocenters. The van der Waals surface area contributed by atoms with Crippen molar-refractivity contribution in [3.8, 4) is 34.7 Å². The van der Waals surface area contributed by atoms with Gasteiger partial charge in [0.05, 0.1) is 33.0 Å². The van der Waals surface area contributed by atoms with Gasteiger partial charge in [0.25, 0.3) is 5.95 Å². The number of unbranched alkanes of at least 4 members (excludes halogenated alkanes) is 3. The van der Waals surface area contributed by atoms with Gasteiger partial charge in [-0.3, -0.25) is 4.79 Å². The number of benzene rings is 2. The quantitative estimate of drug-likeness (QED) is 0.212. The van der Waals surface area contributed by atoms with E-state index >= 15 is 0 Å². The van der Waals surface area contributed by atoms with Gasteiger partial charge < -0.3 is 28.1 Å². The zero-order chi connectivity index (χ0) is 25.0. The largest absolute Gasteiger partial charge is 0.494 e. The highest BCUT2D eigenvalue weighted by Gasteiger charge is 2.22. The highest BCUT2D eigenvalue weighted by Crippen LogP contribution is 2.43.